The van der Waals surface area contributed by atoms with E-state index in [0.29, 0.717) is 0 Å². The zero-order chi connectivity index (χ0) is 8.85. The predicted molar refractivity (Wildman–Crippen MR) is 37.0 cm³/mol. The molecule has 0 saturated carbocycles. The highest BCUT2D eigenvalue weighted by Gasteiger charge is 2.23. The molecule has 4 N–H and O–H groups in total. The van der Waals surface area contributed by atoms with E-state index < -0.39 is 24.9 Å². The third kappa shape index (κ3) is 3.64. The summed E-state index contributed by atoms with van der Waals surface area (Å²) in [5, 5.41) is 35.1. The summed E-state index contributed by atoms with van der Waals surface area (Å²) in [6.45, 7) is -0.653. The Hall–Kier alpha value is -0.200. The fraction of sp³-hybridized carbons (Fsp3) is 1.00. The average molecular weight is 166 g/mol. The predicted octanol–water partition coefficient (Wildman–Crippen LogP) is -2.29. The maximum atomic E-state index is 8.98. The van der Waals surface area contributed by atoms with Crippen LogP contribution in [0.25, 0.3) is 0 Å². The van der Waals surface area contributed by atoms with Crippen molar-refractivity contribution in [3.63, 3.8) is 0 Å². The summed E-state index contributed by atoms with van der Waals surface area (Å²) in [6.07, 6.45) is -3.85. The molecule has 0 aliphatic rings. The topological polar surface area (TPSA) is 90.2 Å². The highest BCUT2D eigenvalue weighted by atomic mass is 16.5. The lowest BCUT2D eigenvalue weighted by molar-refractivity contribution is -0.0947. The van der Waals surface area contributed by atoms with Crippen LogP contribution in [0.5, 0.6) is 0 Å². The second-order valence-electron chi connectivity index (χ2n) is 2.26. The van der Waals surface area contributed by atoms with Gasteiger partial charge in [-0.25, -0.2) is 0 Å². The van der Waals surface area contributed by atoms with Crippen molar-refractivity contribution in [3.05, 3.63) is 0 Å². The van der Waals surface area contributed by atoms with Crippen LogP contribution in [0, 0.1) is 0 Å². The summed E-state index contributed by atoms with van der Waals surface area (Å²) in [5.74, 6) is 0. The lowest BCUT2D eigenvalue weighted by atomic mass is 10.1. The molecular formula is C6H14O5. The van der Waals surface area contributed by atoms with E-state index >= 15 is 0 Å². The molecule has 5 heteroatoms. The van der Waals surface area contributed by atoms with Crippen LogP contribution in [0.2, 0.25) is 0 Å². The summed E-state index contributed by atoms with van der Waals surface area (Å²) in [5.41, 5.74) is 0. The van der Waals surface area contributed by atoms with Gasteiger partial charge in [-0.2, -0.15) is 0 Å². The monoisotopic (exact) mass is 166 g/mol. The van der Waals surface area contributed by atoms with Crippen LogP contribution in [-0.2, 0) is 4.74 Å². The Bertz CT molecular complexity index is 97.0. The van der Waals surface area contributed by atoms with Gasteiger partial charge in [-0.15, -0.1) is 0 Å². The molecule has 0 rings (SSSR count). The first-order valence-corrected chi connectivity index (χ1v) is 3.27. The van der Waals surface area contributed by atoms with E-state index in [2.05, 4.69) is 4.74 Å². The van der Waals surface area contributed by atoms with Crippen LogP contribution >= 0.6 is 0 Å². The Morgan fingerprint density at radius 1 is 1.18 bits per heavy atom. The lowest BCUT2D eigenvalue weighted by Gasteiger charge is -2.20. The summed E-state index contributed by atoms with van der Waals surface area (Å²) in [4.78, 5) is 0. The van der Waals surface area contributed by atoms with Gasteiger partial charge in [0.15, 0.2) is 0 Å². The van der Waals surface area contributed by atoms with E-state index in [4.69, 9.17) is 20.4 Å². The average Bonchev–Trinajstić information content (AvgIpc) is 2.02. The Morgan fingerprint density at radius 2 is 1.73 bits per heavy atom. The van der Waals surface area contributed by atoms with Gasteiger partial charge < -0.3 is 25.2 Å². The number of ether oxygens (including phenoxy) is 1. The minimum absolute atomic E-state index is 0.0712. The van der Waals surface area contributed by atoms with Crippen molar-refractivity contribution in [2.75, 3.05) is 20.3 Å². The Kier molecular flexibility index (Phi) is 5.35. The van der Waals surface area contributed by atoms with Crippen molar-refractivity contribution < 1.29 is 25.2 Å². The molecule has 0 aliphatic carbocycles. The minimum Gasteiger partial charge on any atom is -0.394 e. The van der Waals surface area contributed by atoms with Crippen LogP contribution in [-0.4, -0.2) is 59.1 Å². The first kappa shape index (κ1) is 10.8. The molecule has 0 radical (unpaired) electrons. The zero-order valence-electron chi connectivity index (χ0n) is 6.34. The van der Waals surface area contributed by atoms with Gasteiger partial charge >= 0.3 is 0 Å². The van der Waals surface area contributed by atoms with E-state index in [-0.39, 0.29) is 6.61 Å². The number of aliphatic hydroxyl groups is 4. The van der Waals surface area contributed by atoms with E-state index in [9.17, 15) is 0 Å². The van der Waals surface area contributed by atoms with Gasteiger partial charge in [-0.3, -0.25) is 0 Å². The Labute approximate surface area is 64.9 Å². The van der Waals surface area contributed by atoms with Crippen molar-refractivity contribution in [1.29, 1.82) is 0 Å². The summed E-state index contributed by atoms with van der Waals surface area (Å²) < 4.78 is 4.52. The molecule has 0 aliphatic heterocycles. The molecule has 0 aromatic carbocycles. The fourth-order valence-corrected chi connectivity index (χ4v) is 0.634. The molecule has 0 aromatic rings. The molecule has 0 aromatic heterocycles. The van der Waals surface area contributed by atoms with Gasteiger partial charge in [0.05, 0.1) is 13.2 Å². The Balaban J connectivity index is 3.70. The summed E-state index contributed by atoms with van der Waals surface area (Å²) in [6, 6.07) is 0. The van der Waals surface area contributed by atoms with Crippen LogP contribution in [0.15, 0.2) is 0 Å². The zero-order valence-corrected chi connectivity index (χ0v) is 6.34. The third-order valence-corrected chi connectivity index (χ3v) is 1.31. The first-order chi connectivity index (χ1) is 5.13. The number of methoxy groups -OCH3 is 1. The third-order valence-electron chi connectivity index (χ3n) is 1.31. The molecule has 3 atom stereocenters. The fourth-order valence-electron chi connectivity index (χ4n) is 0.634. The molecule has 0 unspecified atom stereocenters. The van der Waals surface area contributed by atoms with Crippen LogP contribution in [0.3, 0.4) is 0 Å². The second kappa shape index (κ2) is 5.45. The number of hydrogen-bond acceptors (Lipinski definition) is 5. The SMILES string of the molecule is COC[C@@H](O)[C@H](O)[C@H](O)CO. The molecule has 0 saturated heterocycles. The van der Waals surface area contributed by atoms with Crippen molar-refractivity contribution in [2.45, 2.75) is 18.3 Å². The molecule has 0 fully saturated rings. The van der Waals surface area contributed by atoms with E-state index in [1.807, 2.05) is 0 Å². The standard InChI is InChI=1S/C6H14O5/c1-11-3-5(9)6(10)4(8)2-7/h4-10H,2-3H2,1H3/t4-,5-,6-/m1/s1. The van der Waals surface area contributed by atoms with Gasteiger partial charge in [0.1, 0.15) is 18.3 Å². The molecule has 0 heterocycles. The van der Waals surface area contributed by atoms with Gasteiger partial charge in [-0.1, -0.05) is 0 Å². The van der Waals surface area contributed by atoms with Crippen LogP contribution < -0.4 is 0 Å². The van der Waals surface area contributed by atoms with Crippen LogP contribution in [0.4, 0.5) is 0 Å². The molecule has 11 heavy (non-hydrogen) atoms. The second-order valence-corrected chi connectivity index (χ2v) is 2.26. The van der Waals surface area contributed by atoms with Crippen molar-refractivity contribution in [1.82, 2.24) is 0 Å². The van der Waals surface area contributed by atoms with Crippen molar-refractivity contribution in [3.8, 4) is 0 Å². The quantitative estimate of drug-likeness (QED) is 0.369. The Morgan fingerprint density at radius 3 is 2.09 bits per heavy atom. The van der Waals surface area contributed by atoms with Gasteiger partial charge in [-0.05, 0) is 0 Å². The van der Waals surface area contributed by atoms with E-state index in [1.165, 1.54) is 7.11 Å². The molecule has 0 amide bonds. The number of rotatable bonds is 5. The van der Waals surface area contributed by atoms with Gasteiger partial charge in [0.25, 0.3) is 0 Å². The maximum Gasteiger partial charge on any atom is 0.110 e. The summed E-state index contributed by atoms with van der Waals surface area (Å²) in [7, 11) is 1.36. The number of hydrogen-bond donors (Lipinski definition) is 4. The largest absolute Gasteiger partial charge is 0.394 e. The molecule has 0 bridgehead atoms. The molecule has 68 valence electrons. The van der Waals surface area contributed by atoms with Crippen molar-refractivity contribution >= 4 is 0 Å². The van der Waals surface area contributed by atoms with Crippen molar-refractivity contribution in [2.24, 2.45) is 0 Å². The van der Waals surface area contributed by atoms with Gasteiger partial charge in [0.2, 0.25) is 0 Å². The van der Waals surface area contributed by atoms with E-state index in [1.54, 1.807) is 0 Å². The van der Waals surface area contributed by atoms with Crippen LogP contribution in [0.1, 0.15) is 0 Å². The number of aliphatic hydroxyl groups excluding tert-OH is 4. The molecule has 5 nitrogen and oxygen atoms in total. The van der Waals surface area contributed by atoms with Gasteiger partial charge in [0, 0.05) is 7.11 Å². The first-order valence-electron chi connectivity index (χ1n) is 3.27. The molecular weight excluding hydrogens is 152 g/mol. The normalized spacial score (nSPS) is 19.4. The minimum atomic E-state index is -1.36. The highest BCUT2D eigenvalue weighted by Crippen LogP contribution is 1.99. The molecule has 0 spiro atoms. The smallest absolute Gasteiger partial charge is 0.110 e. The lowest BCUT2D eigenvalue weighted by Crippen LogP contribution is -2.41. The maximum absolute atomic E-state index is 8.98. The summed E-state index contributed by atoms with van der Waals surface area (Å²) >= 11 is 0. The van der Waals surface area contributed by atoms with E-state index in [0.717, 1.165) is 0 Å². The highest BCUT2D eigenvalue weighted by molar-refractivity contribution is 4.73.